The minimum atomic E-state index is -0.0359. The van der Waals surface area contributed by atoms with Gasteiger partial charge in [-0.25, -0.2) is 9.97 Å². The normalized spacial score (nSPS) is 20.7. The van der Waals surface area contributed by atoms with E-state index in [-0.39, 0.29) is 5.54 Å². The van der Waals surface area contributed by atoms with Crippen LogP contribution in [0.3, 0.4) is 0 Å². The van der Waals surface area contributed by atoms with Gasteiger partial charge in [-0.2, -0.15) is 0 Å². The van der Waals surface area contributed by atoms with Gasteiger partial charge in [0.2, 0.25) is 0 Å². The summed E-state index contributed by atoms with van der Waals surface area (Å²) in [6.45, 7) is 0.963. The molecule has 0 radical (unpaired) electrons. The molecule has 0 atom stereocenters. The zero-order valence-electron chi connectivity index (χ0n) is 13.0. The van der Waals surface area contributed by atoms with Crippen molar-refractivity contribution in [3.63, 3.8) is 0 Å². The Kier molecular flexibility index (Phi) is 2.87. The molecule has 118 valence electrons. The van der Waals surface area contributed by atoms with E-state index in [1.54, 1.807) is 6.33 Å². The molecule has 1 aliphatic carbocycles. The summed E-state index contributed by atoms with van der Waals surface area (Å²) in [5.41, 5.74) is 5.07. The quantitative estimate of drug-likeness (QED) is 0.728. The van der Waals surface area contributed by atoms with Crippen molar-refractivity contribution >= 4 is 28.8 Å². The molecule has 0 saturated heterocycles. The van der Waals surface area contributed by atoms with Gasteiger partial charge in [-0.05, 0) is 24.8 Å². The maximum Gasteiger partial charge on any atom is 0.161 e. The first-order valence-corrected chi connectivity index (χ1v) is 8.85. The average Bonchev–Trinajstić information content (AvgIpc) is 2.97. The van der Waals surface area contributed by atoms with Gasteiger partial charge < -0.3 is 10.2 Å². The summed E-state index contributed by atoms with van der Waals surface area (Å²) in [5.74, 6) is 0.929. The van der Waals surface area contributed by atoms with Gasteiger partial charge in [0.25, 0.3) is 0 Å². The molecule has 0 unspecified atom stereocenters. The highest BCUT2D eigenvalue weighted by Gasteiger charge is 2.43. The third kappa shape index (κ3) is 1.84. The predicted molar refractivity (Wildman–Crippen MR) is 92.6 cm³/mol. The minimum absolute atomic E-state index is 0.0359. The van der Waals surface area contributed by atoms with Crippen LogP contribution >= 0.6 is 11.6 Å². The standard InChI is InChI=1S/C18H19ClN4/c19-16-14-17(21-11-20-16)23-10-7-12-5-4-6-13(15(12)23)18(22-14)8-2-1-3-9-18/h4-6,11,22H,1-3,7-10H2. The molecule has 1 N–H and O–H groups in total. The van der Waals surface area contributed by atoms with Gasteiger partial charge >= 0.3 is 0 Å². The second-order valence-corrected chi connectivity index (χ2v) is 7.20. The van der Waals surface area contributed by atoms with Gasteiger partial charge in [0.1, 0.15) is 12.0 Å². The first kappa shape index (κ1) is 13.6. The molecule has 23 heavy (non-hydrogen) atoms. The summed E-state index contributed by atoms with van der Waals surface area (Å²) >= 11 is 6.46. The highest BCUT2D eigenvalue weighted by molar-refractivity contribution is 6.32. The highest BCUT2D eigenvalue weighted by Crippen LogP contribution is 2.53. The van der Waals surface area contributed by atoms with Crippen molar-refractivity contribution < 1.29 is 0 Å². The Hall–Kier alpha value is -1.81. The lowest BCUT2D eigenvalue weighted by molar-refractivity contribution is 0.332. The average molecular weight is 327 g/mol. The summed E-state index contributed by atoms with van der Waals surface area (Å²) in [7, 11) is 0. The van der Waals surface area contributed by atoms with Gasteiger partial charge in [-0.1, -0.05) is 49.1 Å². The van der Waals surface area contributed by atoms with Gasteiger partial charge in [-0.15, -0.1) is 0 Å². The van der Waals surface area contributed by atoms with Gasteiger partial charge in [0, 0.05) is 12.1 Å². The fourth-order valence-electron chi connectivity index (χ4n) is 4.58. The number of nitrogens with one attached hydrogen (secondary N) is 1. The smallest absolute Gasteiger partial charge is 0.161 e. The van der Waals surface area contributed by atoms with Crippen LogP contribution in [-0.4, -0.2) is 16.5 Å². The second-order valence-electron chi connectivity index (χ2n) is 6.85. The topological polar surface area (TPSA) is 41.1 Å². The van der Waals surface area contributed by atoms with E-state index in [0.29, 0.717) is 5.15 Å². The molecule has 1 spiro atoms. The van der Waals surface area contributed by atoms with Crippen LogP contribution < -0.4 is 10.2 Å². The van der Waals surface area contributed by atoms with E-state index >= 15 is 0 Å². The SMILES string of the molecule is Clc1ncnc2c1NC1(CCCCC1)c1cccc3c1N2CC3. The molecule has 3 heterocycles. The molecule has 1 aromatic heterocycles. The van der Waals surface area contributed by atoms with E-state index in [1.165, 1.54) is 36.1 Å². The molecule has 4 nitrogen and oxygen atoms in total. The lowest BCUT2D eigenvalue weighted by Gasteiger charge is -2.39. The summed E-state index contributed by atoms with van der Waals surface area (Å²) in [4.78, 5) is 11.1. The number of halogens is 1. The summed E-state index contributed by atoms with van der Waals surface area (Å²) in [6, 6.07) is 6.75. The molecule has 5 rings (SSSR count). The fourth-order valence-corrected chi connectivity index (χ4v) is 4.75. The summed E-state index contributed by atoms with van der Waals surface area (Å²) < 4.78 is 0. The molecule has 1 saturated carbocycles. The van der Waals surface area contributed by atoms with Crippen LogP contribution in [0.15, 0.2) is 24.5 Å². The highest BCUT2D eigenvalue weighted by atomic mass is 35.5. The molecule has 0 bridgehead atoms. The number of hydrogen-bond donors (Lipinski definition) is 1. The van der Waals surface area contributed by atoms with Crippen LogP contribution in [0.2, 0.25) is 5.15 Å². The number of benzene rings is 1. The van der Waals surface area contributed by atoms with E-state index in [0.717, 1.165) is 37.3 Å². The largest absolute Gasteiger partial charge is 0.370 e. The number of nitrogens with zero attached hydrogens (tertiary/aromatic N) is 3. The monoisotopic (exact) mass is 326 g/mol. The van der Waals surface area contributed by atoms with Crippen molar-refractivity contribution in [3.05, 3.63) is 40.8 Å². The van der Waals surface area contributed by atoms with Crippen LogP contribution in [0.25, 0.3) is 0 Å². The van der Waals surface area contributed by atoms with Crippen molar-refractivity contribution in [1.82, 2.24) is 9.97 Å². The van der Waals surface area contributed by atoms with E-state index in [2.05, 4.69) is 38.4 Å². The molecule has 1 aromatic carbocycles. The Labute approximate surface area is 140 Å². The molecule has 2 aliphatic heterocycles. The molecule has 5 heteroatoms. The number of rotatable bonds is 0. The van der Waals surface area contributed by atoms with Crippen molar-refractivity contribution in [3.8, 4) is 0 Å². The summed E-state index contributed by atoms with van der Waals surface area (Å²) in [5, 5.41) is 4.32. The number of hydrogen-bond acceptors (Lipinski definition) is 4. The summed E-state index contributed by atoms with van der Waals surface area (Å²) in [6.07, 6.45) is 8.73. The zero-order valence-corrected chi connectivity index (χ0v) is 13.7. The van der Waals surface area contributed by atoms with Gasteiger partial charge in [0.15, 0.2) is 11.0 Å². The third-order valence-corrected chi connectivity index (χ3v) is 5.90. The van der Waals surface area contributed by atoms with Crippen LogP contribution in [0.4, 0.5) is 17.2 Å². The lowest BCUT2D eigenvalue weighted by atomic mass is 9.75. The number of para-hydroxylation sites is 1. The second kappa shape index (κ2) is 4.84. The van der Waals surface area contributed by atoms with Crippen molar-refractivity contribution in [2.45, 2.75) is 44.1 Å². The third-order valence-electron chi connectivity index (χ3n) is 5.62. The Morgan fingerprint density at radius 3 is 2.87 bits per heavy atom. The minimum Gasteiger partial charge on any atom is -0.370 e. The van der Waals surface area contributed by atoms with Crippen LogP contribution in [0.1, 0.15) is 43.2 Å². The first-order chi connectivity index (χ1) is 11.3. The number of fused-ring (bicyclic) bond motifs is 3. The zero-order chi connectivity index (χ0) is 15.4. The van der Waals surface area contributed by atoms with Gasteiger partial charge in [0.05, 0.1) is 11.2 Å². The fraction of sp³-hybridized carbons (Fsp3) is 0.444. The van der Waals surface area contributed by atoms with E-state index in [1.807, 2.05) is 0 Å². The maximum absolute atomic E-state index is 6.46. The van der Waals surface area contributed by atoms with Crippen LogP contribution in [0.5, 0.6) is 0 Å². The maximum atomic E-state index is 6.46. The Balaban J connectivity index is 1.82. The molecule has 3 aliphatic rings. The van der Waals surface area contributed by atoms with E-state index in [9.17, 15) is 0 Å². The molecule has 2 aromatic rings. The molecule has 1 fully saturated rings. The Morgan fingerprint density at radius 1 is 1.13 bits per heavy atom. The molecular formula is C18H19ClN4. The molecule has 0 amide bonds. The van der Waals surface area contributed by atoms with Crippen molar-refractivity contribution in [2.75, 3.05) is 16.8 Å². The van der Waals surface area contributed by atoms with Gasteiger partial charge in [-0.3, -0.25) is 0 Å². The molecular weight excluding hydrogens is 308 g/mol. The van der Waals surface area contributed by atoms with E-state index < -0.39 is 0 Å². The lowest BCUT2D eigenvalue weighted by Crippen LogP contribution is -2.37. The van der Waals surface area contributed by atoms with Crippen molar-refractivity contribution in [2.24, 2.45) is 0 Å². The predicted octanol–water partition coefficient (Wildman–Crippen LogP) is 4.41. The van der Waals surface area contributed by atoms with Crippen LogP contribution in [-0.2, 0) is 12.0 Å². The van der Waals surface area contributed by atoms with Crippen molar-refractivity contribution in [1.29, 1.82) is 0 Å². The number of anilines is 3. The van der Waals surface area contributed by atoms with Crippen LogP contribution in [0, 0.1) is 0 Å². The van der Waals surface area contributed by atoms with E-state index in [4.69, 9.17) is 11.6 Å². The Morgan fingerprint density at radius 2 is 2.00 bits per heavy atom. The number of aromatic nitrogens is 2. The Bertz CT molecular complexity index is 783. The first-order valence-electron chi connectivity index (χ1n) is 8.47.